The van der Waals surface area contributed by atoms with E-state index in [1.807, 2.05) is 42.5 Å². The molecule has 258 valence electrons. The molecule has 0 aliphatic heterocycles. The maximum atomic E-state index is 6.30. The molecule has 5 heteroatoms. The van der Waals surface area contributed by atoms with Gasteiger partial charge in [-0.25, -0.2) is 0 Å². The number of hydrogen-bond donors (Lipinski definition) is 0. The lowest BCUT2D eigenvalue weighted by molar-refractivity contribution is 0.669. The molecule has 0 atom stereocenters. The van der Waals surface area contributed by atoms with Gasteiger partial charge in [-0.1, -0.05) is 133 Å². The van der Waals surface area contributed by atoms with Crippen LogP contribution in [0.25, 0.3) is 82.5 Å². The van der Waals surface area contributed by atoms with Crippen LogP contribution in [0, 0.1) is 0 Å². The van der Waals surface area contributed by atoms with Crippen LogP contribution >= 0.6 is 0 Å². The molecule has 0 bridgehead atoms. The molecule has 0 fully saturated rings. The highest BCUT2D eigenvalue weighted by atomic mass is 16.3. The Labute approximate surface area is 316 Å². The average molecular weight is 705 g/mol. The van der Waals surface area contributed by atoms with Crippen LogP contribution in [-0.4, -0.2) is 15.0 Å². The third kappa shape index (κ3) is 5.17. The summed E-state index contributed by atoms with van der Waals surface area (Å²) in [6, 6.07) is 68.3. The Morgan fingerprint density at radius 2 is 1.05 bits per heavy atom. The summed E-state index contributed by atoms with van der Waals surface area (Å²) in [6.07, 6.45) is 0. The molecular formula is C50H32N4O. The number of rotatable bonds is 6. The summed E-state index contributed by atoms with van der Waals surface area (Å²) < 4.78 is 6.30. The normalized spacial score (nSPS) is 11.6. The molecule has 0 saturated heterocycles. The van der Waals surface area contributed by atoms with Gasteiger partial charge in [-0.2, -0.15) is 4.80 Å². The van der Waals surface area contributed by atoms with Crippen molar-refractivity contribution < 1.29 is 4.42 Å². The van der Waals surface area contributed by atoms with Gasteiger partial charge in [0.2, 0.25) is 0 Å². The third-order valence-electron chi connectivity index (χ3n) is 10.6. The van der Waals surface area contributed by atoms with Gasteiger partial charge in [-0.15, -0.1) is 10.2 Å². The lowest BCUT2D eigenvalue weighted by atomic mass is 9.93. The molecule has 0 radical (unpaired) electrons. The van der Waals surface area contributed by atoms with Crippen molar-refractivity contribution in [1.82, 2.24) is 15.0 Å². The SMILES string of the molecule is c1ccc(-c2ccccc2-c2ccccc2N(c2ccc3oc4ccccc4c3c2)c2ccc3ccc4ccc5nn(-c6ccccc6)nc5c4c3c2)cc1. The zero-order valence-electron chi connectivity index (χ0n) is 29.7. The minimum Gasteiger partial charge on any atom is -0.456 e. The van der Waals surface area contributed by atoms with Crippen LogP contribution in [0.5, 0.6) is 0 Å². The monoisotopic (exact) mass is 704 g/mol. The minimum atomic E-state index is 0.853. The summed E-state index contributed by atoms with van der Waals surface area (Å²) >= 11 is 0. The van der Waals surface area contributed by atoms with Crippen LogP contribution in [0.1, 0.15) is 0 Å². The fraction of sp³-hybridized carbons (Fsp3) is 0. The van der Waals surface area contributed by atoms with E-state index in [1.54, 1.807) is 4.80 Å². The molecule has 0 spiro atoms. The van der Waals surface area contributed by atoms with E-state index in [-0.39, 0.29) is 0 Å². The fourth-order valence-electron chi connectivity index (χ4n) is 8.08. The number of anilines is 3. The van der Waals surface area contributed by atoms with E-state index in [4.69, 9.17) is 14.6 Å². The van der Waals surface area contributed by atoms with Crippen LogP contribution in [0.3, 0.4) is 0 Å². The maximum Gasteiger partial charge on any atom is 0.135 e. The largest absolute Gasteiger partial charge is 0.456 e. The summed E-state index contributed by atoms with van der Waals surface area (Å²) in [5.74, 6) is 0. The van der Waals surface area contributed by atoms with Gasteiger partial charge in [-0.3, -0.25) is 0 Å². The van der Waals surface area contributed by atoms with Gasteiger partial charge in [0, 0.05) is 33.1 Å². The Morgan fingerprint density at radius 1 is 0.436 bits per heavy atom. The van der Waals surface area contributed by atoms with Gasteiger partial charge in [0.1, 0.15) is 22.2 Å². The number of fused-ring (bicyclic) bond motifs is 8. The molecule has 2 heterocycles. The Balaban J connectivity index is 1.18. The summed E-state index contributed by atoms with van der Waals surface area (Å²) in [5, 5.41) is 16.6. The molecule has 0 aliphatic rings. The van der Waals surface area contributed by atoms with E-state index in [1.165, 1.54) is 11.1 Å². The predicted octanol–water partition coefficient (Wildman–Crippen LogP) is 13.4. The zero-order chi connectivity index (χ0) is 36.3. The highest BCUT2D eigenvalue weighted by molar-refractivity contribution is 6.19. The number of benzene rings is 9. The maximum absolute atomic E-state index is 6.30. The molecule has 0 N–H and O–H groups in total. The molecule has 0 saturated carbocycles. The third-order valence-corrected chi connectivity index (χ3v) is 10.6. The van der Waals surface area contributed by atoms with Crippen LogP contribution in [0.2, 0.25) is 0 Å². The van der Waals surface area contributed by atoms with Gasteiger partial charge in [0.05, 0.1) is 11.4 Å². The van der Waals surface area contributed by atoms with Gasteiger partial charge < -0.3 is 9.32 Å². The molecule has 9 aromatic carbocycles. The second kappa shape index (κ2) is 12.6. The number of hydrogen-bond acceptors (Lipinski definition) is 4. The number of nitrogens with zero attached hydrogens (tertiary/aromatic N) is 4. The molecular weight excluding hydrogens is 673 g/mol. The van der Waals surface area contributed by atoms with Crippen molar-refractivity contribution in [2.24, 2.45) is 0 Å². The Morgan fingerprint density at radius 3 is 1.91 bits per heavy atom. The van der Waals surface area contributed by atoms with E-state index >= 15 is 0 Å². The molecule has 11 aromatic rings. The predicted molar refractivity (Wildman–Crippen MR) is 227 cm³/mol. The molecule has 55 heavy (non-hydrogen) atoms. The topological polar surface area (TPSA) is 47.1 Å². The number of para-hydroxylation sites is 3. The van der Waals surface area contributed by atoms with Crippen molar-refractivity contribution in [2.45, 2.75) is 0 Å². The van der Waals surface area contributed by atoms with E-state index in [0.717, 1.165) is 88.4 Å². The van der Waals surface area contributed by atoms with Crippen LogP contribution in [-0.2, 0) is 0 Å². The highest BCUT2D eigenvalue weighted by Crippen LogP contribution is 2.46. The smallest absolute Gasteiger partial charge is 0.135 e. The molecule has 5 nitrogen and oxygen atoms in total. The highest BCUT2D eigenvalue weighted by Gasteiger charge is 2.21. The number of furan rings is 1. The van der Waals surface area contributed by atoms with Crippen LogP contribution < -0.4 is 4.90 Å². The first kappa shape index (κ1) is 31.1. The molecule has 0 amide bonds. The van der Waals surface area contributed by atoms with Crippen molar-refractivity contribution in [3.05, 3.63) is 194 Å². The first-order valence-corrected chi connectivity index (χ1v) is 18.5. The van der Waals surface area contributed by atoms with E-state index in [0.29, 0.717) is 0 Å². The first-order valence-electron chi connectivity index (χ1n) is 18.5. The molecule has 2 aromatic heterocycles. The van der Waals surface area contributed by atoms with Crippen molar-refractivity contribution in [2.75, 3.05) is 4.90 Å². The fourth-order valence-corrected chi connectivity index (χ4v) is 8.08. The second-order valence-electron chi connectivity index (χ2n) is 13.9. The molecule has 11 rings (SSSR count). The van der Waals surface area contributed by atoms with Crippen molar-refractivity contribution >= 4 is 71.6 Å². The van der Waals surface area contributed by atoms with Gasteiger partial charge in [0.25, 0.3) is 0 Å². The van der Waals surface area contributed by atoms with Gasteiger partial charge >= 0.3 is 0 Å². The lowest BCUT2D eigenvalue weighted by Crippen LogP contribution is -2.11. The van der Waals surface area contributed by atoms with Crippen molar-refractivity contribution in [3.63, 3.8) is 0 Å². The molecule has 0 unspecified atom stereocenters. The lowest BCUT2D eigenvalue weighted by Gasteiger charge is -2.29. The van der Waals surface area contributed by atoms with Crippen LogP contribution in [0.4, 0.5) is 17.1 Å². The number of aromatic nitrogens is 3. The quantitative estimate of drug-likeness (QED) is 0.162. The Kier molecular flexibility index (Phi) is 7.10. The minimum absolute atomic E-state index is 0.853. The summed E-state index contributed by atoms with van der Waals surface area (Å²) in [7, 11) is 0. The standard InChI is InChI=1S/C50H32N4O/c1-3-13-33(14-4-1)39-17-7-8-18-40(39)41-19-9-11-21-46(41)53(38-28-30-48-44(32-38)42-20-10-12-22-47(42)55-48)37-27-25-34-23-24-35-26-29-45-50(49(35)43(34)31-37)52-54(51-45)36-15-5-2-6-16-36/h1-32H. The Bertz CT molecular complexity index is 3220. The van der Waals surface area contributed by atoms with Gasteiger partial charge in [0.15, 0.2) is 0 Å². The second-order valence-corrected chi connectivity index (χ2v) is 13.9. The van der Waals surface area contributed by atoms with Crippen molar-refractivity contribution in [3.8, 4) is 27.9 Å². The zero-order valence-corrected chi connectivity index (χ0v) is 29.7. The van der Waals surface area contributed by atoms with Crippen molar-refractivity contribution in [1.29, 1.82) is 0 Å². The van der Waals surface area contributed by atoms with Gasteiger partial charge in [-0.05, 0) is 93.5 Å². The average Bonchev–Trinajstić information content (AvgIpc) is 3.86. The van der Waals surface area contributed by atoms with E-state index in [2.05, 4.69) is 157 Å². The summed E-state index contributed by atoms with van der Waals surface area (Å²) in [4.78, 5) is 4.13. The van der Waals surface area contributed by atoms with E-state index in [9.17, 15) is 0 Å². The molecule has 0 aliphatic carbocycles. The Hall–Kier alpha value is -7.50. The summed E-state index contributed by atoms with van der Waals surface area (Å²) in [5.41, 5.74) is 12.2. The van der Waals surface area contributed by atoms with Crippen LogP contribution in [0.15, 0.2) is 199 Å². The summed E-state index contributed by atoms with van der Waals surface area (Å²) in [6.45, 7) is 0. The first-order chi connectivity index (χ1) is 27.3. The van der Waals surface area contributed by atoms with E-state index < -0.39 is 0 Å².